The van der Waals surface area contributed by atoms with Gasteiger partial charge in [-0.1, -0.05) is 32.0 Å². The van der Waals surface area contributed by atoms with E-state index in [4.69, 9.17) is 10.3 Å². The third-order valence-corrected chi connectivity index (χ3v) is 2.93. The van der Waals surface area contributed by atoms with E-state index >= 15 is 0 Å². The largest absolute Gasteiger partial charge is 0.337 e. The zero-order valence-electron chi connectivity index (χ0n) is 10.9. The van der Waals surface area contributed by atoms with Gasteiger partial charge in [0.1, 0.15) is 5.69 Å². The van der Waals surface area contributed by atoms with Crippen molar-refractivity contribution in [1.82, 2.24) is 15.1 Å². The lowest BCUT2D eigenvalue weighted by Gasteiger charge is -2.09. The van der Waals surface area contributed by atoms with Gasteiger partial charge in [-0.3, -0.25) is 4.98 Å². The summed E-state index contributed by atoms with van der Waals surface area (Å²) in [5, 5.41) is 3.97. The minimum atomic E-state index is -0.236. The van der Waals surface area contributed by atoms with Crippen LogP contribution in [0.3, 0.4) is 0 Å². The van der Waals surface area contributed by atoms with Gasteiger partial charge in [0.05, 0.1) is 6.04 Å². The fraction of sp³-hybridized carbons (Fsp3) is 0.462. The molecule has 0 aromatic carbocycles. The highest BCUT2D eigenvalue weighted by Gasteiger charge is 2.20. The summed E-state index contributed by atoms with van der Waals surface area (Å²) in [5.74, 6) is 1.24. The summed E-state index contributed by atoms with van der Waals surface area (Å²) >= 11 is 0. The van der Waals surface area contributed by atoms with Gasteiger partial charge < -0.3 is 10.3 Å². The Balaban J connectivity index is 2.35. The van der Waals surface area contributed by atoms with Crippen LogP contribution in [-0.2, 0) is 6.42 Å². The Morgan fingerprint density at radius 1 is 1.39 bits per heavy atom. The summed E-state index contributed by atoms with van der Waals surface area (Å²) in [5.41, 5.74) is 7.85. The van der Waals surface area contributed by atoms with Crippen molar-refractivity contribution in [3.63, 3.8) is 0 Å². The molecule has 0 unspecified atom stereocenters. The van der Waals surface area contributed by atoms with Crippen LogP contribution >= 0.6 is 0 Å². The number of rotatable bonds is 4. The molecule has 2 aromatic heterocycles. The third-order valence-electron chi connectivity index (χ3n) is 2.93. The van der Waals surface area contributed by atoms with E-state index in [-0.39, 0.29) is 12.0 Å². The molecule has 0 saturated heterocycles. The highest BCUT2D eigenvalue weighted by molar-refractivity contribution is 5.53. The van der Waals surface area contributed by atoms with Crippen molar-refractivity contribution in [2.45, 2.75) is 33.2 Å². The van der Waals surface area contributed by atoms with Crippen LogP contribution in [0.25, 0.3) is 11.5 Å². The van der Waals surface area contributed by atoms with Crippen LogP contribution in [0.5, 0.6) is 0 Å². The van der Waals surface area contributed by atoms with Crippen LogP contribution in [0.15, 0.2) is 22.9 Å². The van der Waals surface area contributed by atoms with Crippen molar-refractivity contribution in [2.75, 3.05) is 0 Å². The first-order valence-corrected chi connectivity index (χ1v) is 6.17. The molecule has 0 amide bonds. The van der Waals surface area contributed by atoms with Crippen LogP contribution in [-0.4, -0.2) is 15.1 Å². The fourth-order valence-corrected chi connectivity index (χ4v) is 1.68. The van der Waals surface area contributed by atoms with Gasteiger partial charge in [-0.05, 0) is 24.0 Å². The van der Waals surface area contributed by atoms with E-state index in [1.54, 1.807) is 6.20 Å². The summed E-state index contributed by atoms with van der Waals surface area (Å²) in [6.45, 7) is 6.11. The molecule has 0 bridgehead atoms. The van der Waals surface area contributed by atoms with Crippen molar-refractivity contribution >= 4 is 0 Å². The maximum atomic E-state index is 5.98. The summed E-state index contributed by atoms with van der Waals surface area (Å²) in [7, 11) is 0. The number of hydrogen-bond donors (Lipinski definition) is 1. The second kappa shape index (κ2) is 5.27. The third kappa shape index (κ3) is 2.41. The molecule has 0 aliphatic carbocycles. The molecular weight excluding hydrogens is 228 g/mol. The maximum Gasteiger partial charge on any atom is 0.244 e. The van der Waals surface area contributed by atoms with Gasteiger partial charge in [0, 0.05) is 6.20 Å². The molecule has 2 rings (SSSR count). The Hall–Kier alpha value is -1.75. The Morgan fingerprint density at radius 3 is 2.83 bits per heavy atom. The van der Waals surface area contributed by atoms with Crippen LogP contribution < -0.4 is 5.73 Å². The molecule has 2 N–H and O–H groups in total. The highest BCUT2D eigenvalue weighted by atomic mass is 16.5. The van der Waals surface area contributed by atoms with Crippen LogP contribution in [0.1, 0.15) is 38.3 Å². The lowest BCUT2D eigenvalue weighted by molar-refractivity contribution is 0.325. The average molecular weight is 246 g/mol. The summed E-state index contributed by atoms with van der Waals surface area (Å²) in [6, 6.07) is 3.68. The number of hydrogen-bond acceptors (Lipinski definition) is 5. The molecule has 0 aliphatic rings. The molecule has 96 valence electrons. The van der Waals surface area contributed by atoms with Crippen LogP contribution in [0, 0.1) is 5.92 Å². The first-order valence-electron chi connectivity index (χ1n) is 6.17. The lowest BCUT2D eigenvalue weighted by Crippen LogP contribution is -2.16. The van der Waals surface area contributed by atoms with E-state index in [0.29, 0.717) is 11.7 Å². The zero-order chi connectivity index (χ0) is 13.1. The standard InChI is InChI=1S/C13H18N4O/c1-4-9-6-5-7-15-11(9)12-16-13(18-17-12)10(14)8(2)3/h5-8,10H,4,14H2,1-3H3/t10-/m1/s1. The van der Waals surface area contributed by atoms with Gasteiger partial charge in [-0.15, -0.1) is 0 Å². The average Bonchev–Trinajstić information content (AvgIpc) is 2.87. The topological polar surface area (TPSA) is 77.8 Å². The smallest absolute Gasteiger partial charge is 0.244 e. The SMILES string of the molecule is CCc1cccnc1-c1noc([C@H](N)C(C)C)n1. The monoisotopic (exact) mass is 246 g/mol. The van der Waals surface area contributed by atoms with Crippen molar-refractivity contribution in [1.29, 1.82) is 0 Å². The van der Waals surface area contributed by atoms with Gasteiger partial charge in [0.2, 0.25) is 11.7 Å². The Bertz CT molecular complexity index is 521. The van der Waals surface area contributed by atoms with E-state index in [2.05, 4.69) is 22.0 Å². The number of aryl methyl sites for hydroxylation is 1. The number of aromatic nitrogens is 3. The number of nitrogens with two attached hydrogens (primary N) is 1. The molecule has 5 nitrogen and oxygen atoms in total. The van der Waals surface area contributed by atoms with Crippen LogP contribution in [0.4, 0.5) is 0 Å². The number of nitrogens with zero attached hydrogens (tertiary/aromatic N) is 3. The van der Waals surface area contributed by atoms with Gasteiger partial charge in [0.25, 0.3) is 0 Å². The minimum Gasteiger partial charge on any atom is -0.337 e. The maximum absolute atomic E-state index is 5.98. The quantitative estimate of drug-likeness (QED) is 0.895. The molecule has 18 heavy (non-hydrogen) atoms. The Kier molecular flexibility index (Phi) is 3.72. The van der Waals surface area contributed by atoms with Crippen molar-refractivity contribution in [3.05, 3.63) is 29.8 Å². The van der Waals surface area contributed by atoms with E-state index < -0.39 is 0 Å². The molecular formula is C13H18N4O. The molecule has 0 radical (unpaired) electrons. The summed E-state index contributed by atoms with van der Waals surface area (Å²) in [4.78, 5) is 8.66. The predicted octanol–water partition coefficient (Wildman–Crippen LogP) is 2.35. The highest BCUT2D eigenvalue weighted by Crippen LogP contribution is 2.22. The van der Waals surface area contributed by atoms with Crippen molar-refractivity contribution in [3.8, 4) is 11.5 Å². The number of pyridine rings is 1. The van der Waals surface area contributed by atoms with Gasteiger partial charge in [-0.25, -0.2) is 0 Å². The van der Waals surface area contributed by atoms with E-state index in [1.807, 2.05) is 26.0 Å². The second-order valence-corrected chi connectivity index (χ2v) is 4.59. The zero-order valence-corrected chi connectivity index (χ0v) is 10.9. The van der Waals surface area contributed by atoms with E-state index in [9.17, 15) is 0 Å². The molecule has 0 spiro atoms. The molecule has 2 aromatic rings. The Morgan fingerprint density at radius 2 is 2.17 bits per heavy atom. The molecule has 0 fully saturated rings. The Labute approximate surface area is 106 Å². The van der Waals surface area contributed by atoms with E-state index in [1.165, 1.54) is 0 Å². The van der Waals surface area contributed by atoms with Gasteiger partial charge in [-0.2, -0.15) is 4.98 Å². The molecule has 2 heterocycles. The fourth-order valence-electron chi connectivity index (χ4n) is 1.68. The van der Waals surface area contributed by atoms with E-state index in [0.717, 1.165) is 17.7 Å². The summed E-state index contributed by atoms with van der Waals surface area (Å²) < 4.78 is 5.22. The summed E-state index contributed by atoms with van der Waals surface area (Å²) in [6.07, 6.45) is 2.61. The normalized spacial score (nSPS) is 12.9. The second-order valence-electron chi connectivity index (χ2n) is 4.59. The van der Waals surface area contributed by atoms with Gasteiger partial charge in [0.15, 0.2) is 0 Å². The molecule has 0 aliphatic heterocycles. The molecule has 1 atom stereocenters. The molecule has 5 heteroatoms. The van der Waals surface area contributed by atoms with Crippen molar-refractivity contribution in [2.24, 2.45) is 11.7 Å². The van der Waals surface area contributed by atoms with Crippen molar-refractivity contribution < 1.29 is 4.52 Å². The minimum absolute atomic E-state index is 0.236. The molecule has 0 saturated carbocycles. The lowest BCUT2D eigenvalue weighted by atomic mass is 10.1. The first kappa shape index (κ1) is 12.7. The van der Waals surface area contributed by atoms with Gasteiger partial charge >= 0.3 is 0 Å². The van der Waals surface area contributed by atoms with Crippen LogP contribution in [0.2, 0.25) is 0 Å². The first-order chi connectivity index (χ1) is 8.63. The predicted molar refractivity (Wildman–Crippen MR) is 68.7 cm³/mol.